The minimum Gasteiger partial charge on any atom is -0.353 e. The summed E-state index contributed by atoms with van der Waals surface area (Å²) in [6.07, 6.45) is 1.85. The van der Waals surface area contributed by atoms with Gasteiger partial charge in [-0.15, -0.1) is 10.2 Å². The van der Waals surface area contributed by atoms with E-state index in [2.05, 4.69) is 20.4 Å². The van der Waals surface area contributed by atoms with Crippen LogP contribution in [0, 0.1) is 12.8 Å². The van der Waals surface area contributed by atoms with Gasteiger partial charge < -0.3 is 5.32 Å². The Balaban J connectivity index is 1.58. The molecule has 8 nitrogen and oxygen atoms in total. The van der Waals surface area contributed by atoms with Crippen LogP contribution in [0.2, 0.25) is 0 Å². The SMILES string of the molecule is Cc1ccc2c(c1)c(=O)n(C)c1nnc(CN3CCC(NC(=O)C(C)C)CC3)n21. The van der Waals surface area contributed by atoms with E-state index in [0.29, 0.717) is 17.7 Å². The van der Waals surface area contributed by atoms with Crippen LogP contribution in [0.5, 0.6) is 0 Å². The molecule has 1 fully saturated rings. The third-order valence-electron chi connectivity index (χ3n) is 5.76. The van der Waals surface area contributed by atoms with Crippen molar-refractivity contribution in [3.63, 3.8) is 0 Å². The molecule has 1 aromatic carbocycles. The van der Waals surface area contributed by atoms with Crippen molar-refractivity contribution in [2.75, 3.05) is 13.1 Å². The van der Waals surface area contributed by atoms with E-state index in [4.69, 9.17) is 0 Å². The number of nitrogens with one attached hydrogen (secondary N) is 1. The largest absolute Gasteiger partial charge is 0.353 e. The summed E-state index contributed by atoms with van der Waals surface area (Å²) in [5.41, 5.74) is 1.83. The van der Waals surface area contributed by atoms with Crippen LogP contribution in [0.1, 0.15) is 38.1 Å². The monoisotopic (exact) mass is 396 g/mol. The summed E-state index contributed by atoms with van der Waals surface area (Å²) in [6, 6.07) is 6.14. The van der Waals surface area contributed by atoms with Gasteiger partial charge in [0.15, 0.2) is 5.82 Å². The van der Waals surface area contributed by atoms with Crippen LogP contribution in [0.25, 0.3) is 16.7 Å². The summed E-state index contributed by atoms with van der Waals surface area (Å²) >= 11 is 0. The number of carbonyl (C=O) groups excluding carboxylic acids is 1. The number of aromatic nitrogens is 4. The highest BCUT2D eigenvalue weighted by molar-refractivity contribution is 5.81. The van der Waals surface area contributed by atoms with Crippen LogP contribution in [0.4, 0.5) is 0 Å². The van der Waals surface area contributed by atoms with E-state index in [1.807, 2.05) is 43.4 Å². The van der Waals surface area contributed by atoms with Gasteiger partial charge >= 0.3 is 0 Å². The standard InChI is InChI=1S/C21H28N6O2/c1-13(2)19(28)22-15-7-9-26(10-8-15)12-18-23-24-21-25(4)20(29)16-11-14(3)5-6-17(16)27(18)21/h5-6,11,13,15H,7-10,12H2,1-4H3,(H,22,28). The van der Waals surface area contributed by atoms with Gasteiger partial charge in [0, 0.05) is 32.1 Å². The van der Waals surface area contributed by atoms with E-state index in [0.717, 1.165) is 42.8 Å². The van der Waals surface area contributed by atoms with Gasteiger partial charge in [-0.2, -0.15) is 0 Å². The highest BCUT2D eigenvalue weighted by Gasteiger charge is 2.23. The third kappa shape index (κ3) is 3.64. The summed E-state index contributed by atoms with van der Waals surface area (Å²) in [4.78, 5) is 27.0. The van der Waals surface area contributed by atoms with Gasteiger partial charge in [-0.3, -0.25) is 23.5 Å². The van der Waals surface area contributed by atoms with Crippen molar-refractivity contribution in [1.29, 1.82) is 0 Å². The van der Waals surface area contributed by atoms with Crippen molar-refractivity contribution in [2.45, 2.75) is 46.2 Å². The average molecular weight is 396 g/mol. The first-order valence-electron chi connectivity index (χ1n) is 10.2. The zero-order chi connectivity index (χ0) is 20.7. The van der Waals surface area contributed by atoms with Gasteiger partial charge in [0.05, 0.1) is 17.4 Å². The molecule has 3 aromatic rings. The highest BCUT2D eigenvalue weighted by atomic mass is 16.2. The maximum atomic E-state index is 12.7. The van der Waals surface area contributed by atoms with Crippen molar-refractivity contribution in [3.8, 4) is 0 Å². The summed E-state index contributed by atoms with van der Waals surface area (Å²) in [6.45, 7) is 8.26. The molecule has 1 N–H and O–H groups in total. The number of nitrogens with zero attached hydrogens (tertiary/aromatic N) is 5. The molecular weight excluding hydrogens is 368 g/mol. The molecule has 0 saturated carbocycles. The van der Waals surface area contributed by atoms with Crippen molar-refractivity contribution in [2.24, 2.45) is 13.0 Å². The molecule has 0 aliphatic carbocycles. The maximum Gasteiger partial charge on any atom is 0.262 e. The minimum absolute atomic E-state index is 0.0129. The summed E-state index contributed by atoms with van der Waals surface area (Å²) in [5.74, 6) is 1.52. The molecule has 0 radical (unpaired) electrons. The van der Waals surface area contributed by atoms with E-state index in [1.54, 1.807) is 11.6 Å². The number of amides is 1. The van der Waals surface area contributed by atoms with Crippen molar-refractivity contribution in [3.05, 3.63) is 39.9 Å². The van der Waals surface area contributed by atoms with Crippen molar-refractivity contribution >= 4 is 22.6 Å². The maximum absolute atomic E-state index is 12.7. The Hall–Kier alpha value is -2.74. The number of likely N-dealkylation sites (tertiary alicyclic amines) is 1. The summed E-state index contributed by atoms with van der Waals surface area (Å²) in [7, 11) is 1.74. The van der Waals surface area contributed by atoms with E-state index in [1.165, 1.54) is 0 Å². The predicted octanol–water partition coefficient (Wildman–Crippen LogP) is 1.63. The molecule has 154 valence electrons. The van der Waals surface area contributed by atoms with Gasteiger partial charge in [-0.1, -0.05) is 25.5 Å². The second-order valence-electron chi connectivity index (χ2n) is 8.35. The highest BCUT2D eigenvalue weighted by Crippen LogP contribution is 2.18. The van der Waals surface area contributed by atoms with Crippen LogP contribution in [0.15, 0.2) is 23.0 Å². The molecule has 0 atom stereocenters. The fraction of sp³-hybridized carbons (Fsp3) is 0.524. The number of fused-ring (bicyclic) bond motifs is 3. The number of piperidine rings is 1. The van der Waals surface area contributed by atoms with Gasteiger partial charge in [-0.05, 0) is 31.9 Å². The lowest BCUT2D eigenvalue weighted by atomic mass is 10.0. The first kappa shape index (κ1) is 19.6. The molecule has 0 bridgehead atoms. The average Bonchev–Trinajstić information content (AvgIpc) is 3.11. The third-order valence-corrected chi connectivity index (χ3v) is 5.76. The van der Waals surface area contributed by atoms with Gasteiger partial charge in [-0.25, -0.2) is 0 Å². The number of hydrogen-bond acceptors (Lipinski definition) is 5. The lowest BCUT2D eigenvalue weighted by molar-refractivity contribution is -0.125. The van der Waals surface area contributed by atoms with E-state index < -0.39 is 0 Å². The molecule has 0 unspecified atom stereocenters. The van der Waals surface area contributed by atoms with Crippen LogP contribution in [-0.2, 0) is 18.4 Å². The predicted molar refractivity (Wildman–Crippen MR) is 112 cm³/mol. The Labute approximate surface area is 169 Å². The lowest BCUT2D eigenvalue weighted by Gasteiger charge is -2.32. The second-order valence-corrected chi connectivity index (χ2v) is 8.35. The molecule has 4 rings (SSSR count). The Morgan fingerprint density at radius 1 is 1.24 bits per heavy atom. The zero-order valence-corrected chi connectivity index (χ0v) is 17.5. The number of benzene rings is 1. The van der Waals surface area contributed by atoms with Gasteiger partial charge in [0.2, 0.25) is 11.7 Å². The lowest BCUT2D eigenvalue weighted by Crippen LogP contribution is -2.45. The fourth-order valence-corrected chi connectivity index (χ4v) is 3.96. The van der Waals surface area contributed by atoms with Crippen LogP contribution in [0.3, 0.4) is 0 Å². The Bertz CT molecular complexity index is 1120. The Kier molecular flexibility index (Phi) is 5.12. The van der Waals surface area contributed by atoms with Gasteiger partial charge in [0.1, 0.15) is 0 Å². The van der Waals surface area contributed by atoms with Crippen molar-refractivity contribution < 1.29 is 4.79 Å². The summed E-state index contributed by atoms with van der Waals surface area (Å²) < 4.78 is 3.55. The molecule has 29 heavy (non-hydrogen) atoms. The van der Waals surface area contributed by atoms with Crippen LogP contribution in [-0.4, -0.2) is 49.1 Å². The quantitative estimate of drug-likeness (QED) is 0.725. The molecule has 1 aliphatic heterocycles. The minimum atomic E-state index is -0.0585. The Morgan fingerprint density at radius 2 is 1.97 bits per heavy atom. The fourth-order valence-electron chi connectivity index (χ4n) is 3.96. The van der Waals surface area contributed by atoms with E-state index in [9.17, 15) is 9.59 Å². The summed E-state index contributed by atoms with van der Waals surface area (Å²) in [5, 5.41) is 12.5. The second kappa shape index (κ2) is 7.59. The molecule has 1 aliphatic rings. The molecular formula is C21H28N6O2. The number of aryl methyl sites for hydroxylation is 2. The smallest absolute Gasteiger partial charge is 0.262 e. The molecule has 3 heterocycles. The molecule has 8 heteroatoms. The Morgan fingerprint density at radius 3 is 2.66 bits per heavy atom. The van der Waals surface area contributed by atoms with E-state index >= 15 is 0 Å². The van der Waals surface area contributed by atoms with Crippen LogP contribution < -0.4 is 10.9 Å². The first-order valence-corrected chi connectivity index (χ1v) is 10.2. The van der Waals surface area contributed by atoms with Crippen LogP contribution >= 0.6 is 0 Å². The first-order chi connectivity index (χ1) is 13.8. The molecule has 2 aromatic heterocycles. The molecule has 1 saturated heterocycles. The normalized spacial score (nSPS) is 16.2. The topological polar surface area (TPSA) is 84.5 Å². The zero-order valence-electron chi connectivity index (χ0n) is 17.5. The number of hydrogen-bond donors (Lipinski definition) is 1. The molecule has 0 spiro atoms. The number of rotatable bonds is 4. The number of carbonyl (C=O) groups is 1. The van der Waals surface area contributed by atoms with Crippen molar-refractivity contribution in [1.82, 2.24) is 29.4 Å². The molecule has 1 amide bonds. The van der Waals surface area contributed by atoms with Gasteiger partial charge in [0.25, 0.3) is 5.56 Å². The van der Waals surface area contributed by atoms with E-state index in [-0.39, 0.29) is 23.4 Å².